The van der Waals surface area contributed by atoms with Gasteiger partial charge in [-0.25, -0.2) is 8.42 Å². The summed E-state index contributed by atoms with van der Waals surface area (Å²) in [5, 5.41) is 19.3. The Hall–Kier alpha value is -3.84. The van der Waals surface area contributed by atoms with Crippen molar-refractivity contribution < 1.29 is 8.42 Å². The third-order valence-corrected chi connectivity index (χ3v) is 8.90. The maximum absolute atomic E-state index is 13.6. The first-order valence-corrected chi connectivity index (χ1v) is 14.5. The highest BCUT2D eigenvalue weighted by Gasteiger charge is 2.30. The number of aromatic nitrogens is 4. The van der Waals surface area contributed by atoms with Gasteiger partial charge in [0.25, 0.3) is 0 Å². The van der Waals surface area contributed by atoms with Gasteiger partial charge < -0.3 is 30.8 Å². The van der Waals surface area contributed by atoms with Crippen molar-refractivity contribution in [3.8, 4) is 0 Å². The molecule has 4 aromatic rings. The number of benzene rings is 2. The van der Waals surface area contributed by atoms with E-state index in [1.165, 1.54) is 0 Å². The van der Waals surface area contributed by atoms with Crippen LogP contribution in [0.1, 0.15) is 11.1 Å². The van der Waals surface area contributed by atoms with Crippen molar-refractivity contribution in [2.75, 3.05) is 57.3 Å². The first-order valence-electron chi connectivity index (χ1n) is 13.0. The standard InChI is InChI=1S/C27H30N9O2S/c37-39(38,36-14-10-29-11-15-36)26-7-6-22(16-25(26)35-12-8-28-9-13-35)33-27-30-17-20(18-31-27)4-5-21-2-1-3-24-23(21)19-32-34-24/h1-7,16-19,28-29H,8-15H2,(H-,30,31,32,33,34)/q-1/b5-4+. The molecule has 0 amide bonds. The van der Waals surface area contributed by atoms with Gasteiger partial charge in [-0.3, -0.25) is 5.10 Å². The van der Waals surface area contributed by atoms with Gasteiger partial charge in [0.15, 0.2) is 0 Å². The second-order valence-corrected chi connectivity index (χ2v) is 11.4. The highest BCUT2D eigenvalue weighted by atomic mass is 32.2. The maximum atomic E-state index is 13.6. The van der Waals surface area contributed by atoms with Crippen LogP contribution < -0.4 is 15.5 Å². The molecule has 202 valence electrons. The van der Waals surface area contributed by atoms with Gasteiger partial charge in [0.2, 0.25) is 10.0 Å². The molecule has 2 saturated heterocycles. The summed E-state index contributed by atoms with van der Waals surface area (Å²) in [6, 6.07) is 11.2. The topological polar surface area (TPSA) is 133 Å². The number of hydrogen-bond acceptors (Lipinski definition) is 8. The maximum Gasteiger partial charge on any atom is 0.245 e. The predicted molar refractivity (Wildman–Crippen MR) is 153 cm³/mol. The number of nitrogens with one attached hydrogen (secondary N) is 3. The third kappa shape index (κ3) is 5.50. The van der Waals surface area contributed by atoms with Gasteiger partial charge in [0, 0.05) is 63.7 Å². The molecule has 39 heavy (non-hydrogen) atoms. The van der Waals surface area contributed by atoms with Crippen LogP contribution in [0.4, 0.5) is 17.3 Å². The Bertz CT molecular complexity index is 1570. The second-order valence-electron chi connectivity index (χ2n) is 9.48. The van der Waals surface area contributed by atoms with Crippen molar-refractivity contribution in [1.29, 1.82) is 0 Å². The van der Waals surface area contributed by atoms with Gasteiger partial charge >= 0.3 is 0 Å². The number of hydrogen-bond donors (Lipinski definition) is 3. The lowest BCUT2D eigenvalue weighted by Gasteiger charge is -2.33. The summed E-state index contributed by atoms with van der Waals surface area (Å²) >= 11 is 0. The summed E-state index contributed by atoms with van der Waals surface area (Å²) in [5.74, 6) is 0.313. The largest absolute Gasteiger partial charge is 0.368 e. The molecule has 3 N–H and O–H groups in total. The molecule has 2 aromatic carbocycles. The monoisotopic (exact) mass is 544 g/mol. The SMILES string of the molecule is O=S(=O)(c1ccc([N-]c2ncc(/C=C/c3cccc4[nH]ncc34)cn2)cc1N1CCNCC1)N1CCNCC1. The van der Waals surface area contributed by atoms with Crippen LogP contribution in [0, 0.1) is 0 Å². The third-order valence-electron chi connectivity index (χ3n) is 6.96. The first kappa shape index (κ1) is 25.4. The van der Waals surface area contributed by atoms with Gasteiger partial charge in [0.05, 0.1) is 17.4 Å². The van der Waals surface area contributed by atoms with Crippen molar-refractivity contribution in [3.05, 3.63) is 71.4 Å². The van der Waals surface area contributed by atoms with E-state index < -0.39 is 10.0 Å². The zero-order valence-corrected chi connectivity index (χ0v) is 22.2. The summed E-state index contributed by atoms with van der Waals surface area (Å²) < 4.78 is 28.7. The first-order chi connectivity index (χ1) is 19.1. The lowest BCUT2D eigenvalue weighted by atomic mass is 10.1. The molecule has 12 heteroatoms. The van der Waals surface area contributed by atoms with E-state index in [-0.39, 0.29) is 0 Å². The average Bonchev–Trinajstić information content (AvgIpc) is 3.47. The van der Waals surface area contributed by atoms with E-state index in [0.717, 1.165) is 48.2 Å². The van der Waals surface area contributed by atoms with Crippen molar-refractivity contribution in [2.24, 2.45) is 0 Å². The number of sulfonamides is 1. The predicted octanol–water partition coefficient (Wildman–Crippen LogP) is 2.86. The minimum Gasteiger partial charge on any atom is -0.368 e. The summed E-state index contributed by atoms with van der Waals surface area (Å²) in [4.78, 5) is 11.3. The molecule has 0 bridgehead atoms. The molecule has 0 radical (unpaired) electrons. The van der Waals surface area contributed by atoms with E-state index in [2.05, 4.69) is 41.0 Å². The van der Waals surface area contributed by atoms with E-state index >= 15 is 0 Å². The van der Waals surface area contributed by atoms with Crippen LogP contribution in [0.15, 0.2) is 59.9 Å². The molecule has 0 atom stereocenters. The van der Waals surface area contributed by atoms with E-state index in [1.54, 1.807) is 28.8 Å². The number of nitrogens with zero attached hydrogens (tertiary/aromatic N) is 6. The van der Waals surface area contributed by atoms with Crippen molar-refractivity contribution in [3.63, 3.8) is 0 Å². The Labute approximate surface area is 227 Å². The molecule has 11 nitrogen and oxygen atoms in total. The Morgan fingerprint density at radius 2 is 1.62 bits per heavy atom. The minimum absolute atomic E-state index is 0.313. The Morgan fingerprint density at radius 1 is 0.872 bits per heavy atom. The van der Waals surface area contributed by atoms with Crippen LogP contribution in [0.5, 0.6) is 0 Å². The van der Waals surface area contributed by atoms with Crippen LogP contribution in [-0.4, -0.2) is 85.2 Å². The van der Waals surface area contributed by atoms with Gasteiger partial charge in [-0.1, -0.05) is 30.4 Å². The molecule has 0 aliphatic carbocycles. The molecular weight excluding hydrogens is 514 g/mol. The number of H-pyrrole nitrogens is 1. The van der Waals surface area contributed by atoms with Crippen molar-refractivity contribution in [2.45, 2.75) is 4.90 Å². The molecule has 2 aromatic heterocycles. The fourth-order valence-electron chi connectivity index (χ4n) is 4.88. The van der Waals surface area contributed by atoms with E-state index in [1.807, 2.05) is 42.6 Å². The lowest BCUT2D eigenvalue weighted by Crippen LogP contribution is -2.47. The molecule has 2 aliphatic rings. The molecule has 2 aliphatic heterocycles. The Balaban J connectivity index is 1.23. The van der Waals surface area contributed by atoms with Crippen LogP contribution in [0.3, 0.4) is 0 Å². The van der Waals surface area contributed by atoms with Gasteiger partial charge in [0.1, 0.15) is 4.90 Å². The summed E-state index contributed by atoms with van der Waals surface area (Å²) in [7, 11) is -3.63. The van der Waals surface area contributed by atoms with E-state index in [0.29, 0.717) is 48.4 Å². The summed E-state index contributed by atoms with van der Waals surface area (Å²) in [6.07, 6.45) is 9.20. The highest BCUT2D eigenvalue weighted by Crippen LogP contribution is 2.36. The molecule has 2 fully saturated rings. The zero-order chi connectivity index (χ0) is 26.7. The quantitative estimate of drug-likeness (QED) is 0.324. The summed E-state index contributed by atoms with van der Waals surface area (Å²) in [6.45, 7) is 5.25. The fraction of sp³-hybridized carbons (Fsp3) is 0.296. The van der Waals surface area contributed by atoms with Crippen LogP contribution in [-0.2, 0) is 10.0 Å². The minimum atomic E-state index is -3.63. The van der Waals surface area contributed by atoms with E-state index in [4.69, 9.17) is 0 Å². The molecule has 0 unspecified atom stereocenters. The van der Waals surface area contributed by atoms with Crippen LogP contribution in [0.2, 0.25) is 0 Å². The van der Waals surface area contributed by atoms with Gasteiger partial charge in [-0.2, -0.15) is 9.40 Å². The number of fused-ring (bicyclic) bond motifs is 1. The molecule has 4 heterocycles. The molecule has 0 spiro atoms. The number of aromatic amines is 1. The molecular formula is C27H30N9O2S-. The zero-order valence-electron chi connectivity index (χ0n) is 21.4. The number of rotatable bonds is 7. The fourth-order valence-corrected chi connectivity index (χ4v) is 6.52. The van der Waals surface area contributed by atoms with E-state index in [9.17, 15) is 8.42 Å². The van der Waals surface area contributed by atoms with Crippen LogP contribution in [0.25, 0.3) is 28.4 Å². The number of piperazine rings is 2. The molecule has 0 saturated carbocycles. The lowest BCUT2D eigenvalue weighted by molar-refractivity contribution is 0.360. The normalized spacial score (nSPS) is 17.2. The Morgan fingerprint density at radius 3 is 2.38 bits per heavy atom. The van der Waals surface area contributed by atoms with Crippen LogP contribution >= 0.6 is 0 Å². The second kappa shape index (κ2) is 11.1. The summed E-state index contributed by atoms with van der Waals surface area (Å²) in [5.41, 5.74) is 4.15. The van der Waals surface area contributed by atoms with Crippen molar-refractivity contribution in [1.82, 2.24) is 35.1 Å². The van der Waals surface area contributed by atoms with Gasteiger partial charge in [-0.15, -0.1) is 0 Å². The van der Waals surface area contributed by atoms with Gasteiger partial charge in [-0.05, 0) is 47.4 Å². The highest BCUT2D eigenvalue weighted by molar-refractivity contribution is 7.89. The average molecular weight is 545 g/mol. The van der Waals surface area contributed by atoms with Crippen molar-refractivity contribution >= 4 is 50.4 Å². The smallest absolute Gasteiger partial charge is 0.245 e. The number of anilines is 1. The molecule has 6 rings (SSSR count). The Kier molecular flexibility index (Phi) is 7.24.